The van der Waals surface area contributed by atoms with Crippen LogP contribution in [0.3, 0.4) is 0 Å². The second kappa shape index (κ2) is 8.62. The van der Waals surface area contributed by atoms with Crippen LogP contribution in [0.5, 0.6) is 0 Å². The van der Waals surface area contributed by atoms with Gasteiger partial charge in [-0.25, -0.2) is 8.42 Å². The maximum atomic E-state index is 12.6. The number of benzene rings is 2. The molecule has 1 amide bonds. The summed E-state index contributed by atoms with van der Waals surface area (Å²) in [6, 6.07) is 16.3. The number of aryl methyl sites for hydroxylation is 1. The molecule has 6 nitrogen and oxygen atoms in total. The van der Waals surface area contributed by atoms with Crippen LogP contribution in [0.1, 0.15) is 43.6 Å². The number of carbonyl (C=O) groups is 1. The number of rotatable bonds is 7. The van der Waals surface area contributed by atoms with Gasteiger partial charge in [0.05, 0.1) is 10.9 Å². The number of sulfonamides is 1. The van der Waals surface area contributed by atoms with Gasteiger partial charge in [0.2, 0.25) is 15.9 Å². The maximum absolute atomic E-state index is 12.6. The van der Waals surface area contributed by atoms with E-state index in [1.54, 1.807) is 24.3 Å². The van der Waals surface area contributed by atoms with Crippen LogP contribution < -0.4 is 5.32 Å². The van der Waals surface area contributed by atoms with Crippen molar-refractivity contribution in [2.75, 3.05) is 13.1 Å². The summed E-state index contributed by atoms with van der Waals surface area (Å²) in [5.41, 5.74) is 1.74. The summed E-state index contributed by atoms with van der Waals surface area (Å²) >= 11 is 0. The number of amides is 1. The van der Waals surface area contributed by atoms with E-state index < -0.39 is 10.0 Å². The van der Waals surface area contributed by atoms with Gasteiger partial charge in [-0.2, -0.15) is 4.31 Å². The molecule has 3 aromatic rings. The van der Waals surface area contributed by atoms with Crippen molar-refractivity contribution >= 4 is 26.9 Å². The monoisotopic (exact) mass is 426 g/mol. The minimum absolute atomic E-state index is 0.0725. The van der Waals surface area contributed by atoms with Crippen LogP contribution in [0.4, 0.5) is 0 Å². The number of nitrogens with one attached hydrogen (secondary N) is 1. The molecule has 0 aliphatic carbocycles. The summed E-state index contributed by atoms with van der Waals surface area (Å²) in [6.45, 7) is 3.08. The van der Waals surface area contributed by atoms with Crippen molar-refractivity contribution in [2.24, 2.45) is 0 Å². The van der Waals surface area contributed by atoms with Crippen molar-refractivity contribution < 1.29 is 17.6 Å². The van der Waals surface area contributed by atoms with Gasteiger partial charge in [0.15, 0.2) is 0 Å². The van der Waals surface area contributed by atoms with Gasteiger partial charge in [0, 0.05) is 24.9 Å². The molecular weight excluding hydrogens is 400 g/mol. The Morgan fingerprint density at radius 3 is 2.50 bits per heavy atom. The Morgan fingerprint density at radius 2 is 1.80 bits per heavy atom. The highest BCUT2D eigenvalue weighted by Crippen LogP contribution is 2.24. The maximum Gasteiger partial charge on any atom is 0.243 e. The van der Waals surface area contributed by atoms with Crippen LogP contribution in [-0.2, 0) is 21.2 Å². The smallest absolute Gasteiger partial charge is 0.243 e. The van der Waals surface area contributed by atoms with Crippen LogP contribution in [0.2, 0.25) is 0 Å². The normalized spacial score (nSPS) is 16.0. The van der Waals surface area contributed by atoms with E-state index in [1.807, 2.05) is 37.3 Å². The van der Waals surface area contributed by atoms with E-state index in [9.17, 15) is 13.2 Å². The Bertz CT molecular complexity index is 1100. The van der Waals surface area contributed by atoms with Crippen molar-refractivity contribution in [2.45, 2.75) is 43.5 Å². The molecular formula is C23H26N2O4S. The third kappa shape index (κ3) is 4.42. The van der Waals surface area contributed by atoms with E-state index in [2.05, 4.69) is 5.32 Å². The average Bonchev–Trinajstić information content (AvgIpc) is 3.43. The van der Waals surface area contributed by atoms with E-state index in [1.165, 1.54) is 4.31 Å². The molecule has 1 N–H and O–H groups in total. The molecule has 0 spiro atoms. The standard InChI is InChI=1S/C23H26N2O4S/c1-17(22-16-19-6-2-3-7-21(19)29-22)24-23(26)13-10-18-8-11-20(12-9-18)30(27,28)25-14-4-5-15-25/h2-3,6-9,11-12,16-17H,4-5,10,13-15H2,1H3,(H,24,26)/t17-/m0/s1. The van der Waals surface area contributed by atoms with Gasteiger partial charge in [0.25, 0.3) is 0 Å². The summed E-state index contributed by atoms with van der Waals surface area (Å²) in [5, 5.41) is 3.98. The third-order valence-corrected chi connectivity index (χ3v) is 7.43. The SMILES string of the molecule is C[C@H](NC(=O)CCc1ccc(S(=O)(=O)N2CCCC2)cc1)c1cc2ccccc2o1. The second-order valence-corrected chi connectivity index (χ2v) is 9.67. The number of hydrogen-bond acceptors (Lipinski definition) is 4. The van der Waals surface area contributed by atoms with Crippen LogP contribution in [0, 0.1) is 0 Å². The molecule has 1 aliphatic rings. The molecule has 2 heterocycles. The molecule has 0 saturated carbocycles. The number of para-hydroxylation sites is 1. The topological polar surface area (TPSA) is 79.6 Å². The first-order chi connectivity index (χ1) is 14.4. The largest absolute Gasteiger partial charge is 0.459 e. The fourth-order valence-electron chi connectivity index (χ4n) is 3.76. The molecule has 1 saturated heterocycles. The third-order valence-electron chi connectivity index (χ3n) is 5.52. The summed E-state index contributed by atoms with van der Waals surface area (Å²) < 4.78 is 32.5. The molecule has 0 radical (unpaired) electrons. The van der Waals surface area contributed by atoms with Gasteiger partial charge in [0.1, 0.15) is 11.3 Å². The van der Waals surface area contributed by atoms with Crippen LogP contribution in [0.15, 0.2) is 63.9 Å². The minimum atomic E-state index is -3.40. The Morgan fingerprint density at radius 1 is 1.10 bits per heavy atom. The Hall–Kier alpha value is -2.64. The van der Waals surface area contributed by atoms with E-state index >= 15 is 0 Å². The van der Waals surface area contributed by atoms with E-state index in [4.69, 9.17) is 4.42 Å². The summed E-state index contributed by atoms with van der Waals surface area (Å²) in [7, 11) is -3.40. The molecule has 7 heteroatoms. The lowest BCUT2D eigenvalue weighted by molar-refractivity contribution is -0.121. The van der Waals surface area contributed by atoms with Gasteiger partial charge >= 0.3 is 0 Å². The van der Waals surface area contributed by atoms with E-state index in [0.717, 1.165) is 35.1 Å². The van der Waals surface area contributed by atoms with Gasteiger partial charge in [-0.3, -0.25) is 4.79 Å². The van der Waals surface area contributed by atoms with Crippen molar-refractivity contribution in [3.8, 4) is 0 Å². The average molecular weight is 427 g/mol. The van der Waals surface area contributed by atoms with Gasteiger partial charge in [-0.15, -0.1) is 0 Å². The Kier molecular flexibility index (Phi) is 5.92. The molecule has 1 fully saturated rings. The highest BCUT2D eigenvalue weighted by molar-refractivity contribution is 7.89. The predicted molar refractivity (Wildman–Crippen MR) is 116 cm³/mol. The lowest BCUT2D eigenvalue weighted by atomic mass is 10.1. The molecule has 30 heavy (non-hydrogen) atoms. The molecule has 1 atom stereocenters. The zero-order chi connectivity index (χ0) is 21.1. The fourth-order valence-corrected chi connectivity index (χ4v) is 5.28. The number of fused-ring (bicyclic) bond motifs is 1. The first kappa shape index (κ1) is 20.6. The molecule has 4 rings (SSSR count). The van der Waals surface area contributed by atoms with Gasteiger partial charge < -0.3 is 9.73 Å². The zero-order valence-corrected chi connectivity index (χ0v) is 17.8. The second-order valence-electron chi connectivity index (χ2n) is 7.73. The fraction of sp³-hybridized carbons (Fsp3) is 0.348. The van der Waals surface area contributed by atoms with Gasteiger partial charge in [-0.1, -0.05) is 30.3 Å². The number of hydrogen-bond donors (Lipinski definition) is 1. The predicted octanol–water partition coefficient (Wildman–Crippen LogP) is 4.03. The minimum Gasteiger partial charge on any atom is -0.459 e. The van der Waals surface area contributed by atoms with Crippen LogP contribution in [0.25, 0.3) is 11.0 Å². The summed E-state index contributed by atoms with van der Waals surface area (Å²) in [6.07, 6.45) is 2.70. The number of carbonyl (C=O) groups excluding carboxylic acids is 1. The first-order valence-corrected chi connectivity index (χ1v) is 11.7. The molecule has 2 aromatic carbocycles. The van der Waals surface area contributed by atoms with E-state index in [0.29, 0.717) is 30.8 Å². The number of nitrogens with zero attached hydrogens (tertiary/aromatic N) is 1. The van der Waals surface area contributed by atoms with Crippen LogP contribution in [-0.4, -0.2) is 31.7 Å². The quantitative estimate of drug-likeness (QED) is 0.619. The van der Waals surface area contributed by atoms with E-state index in [-0.39, 0.29) is 11.9 Å². The summed E-state index contributed by atoms with van der Waals surface area (Å²) in [4.78, 5) is 12.7. The Labute approximate surface area is 176 Å². The van der Waals surface area contributed by atoms with Crippen molar-refractivity contribution in [1.82, 2.24) is 9.62 Å². The molecule has 0 unspecified atom stereocenters. The lowest BCUT2D eigenvalue weighted by Crippen LogP contribution is -2.27. The Balaban J connectivity index is 1.32. The highest BCUT2D eigenvalue weighted by atomic mass is 32.2. The number of furan rings is 1. The molecule has 0 bridgehead atoms. The molecule has 158 valence electrons. The zero-order valence-electron chi connectivity index (χ0n) is 17.0. The van der Waals surface area contributed by atoms with Crippen molar-refractivity contribution in [1.29, 1.82) is 0 Å². The molecule has 1 aliphatic heterocycles. The van der Waals surface area contributed by atoms with Crippen molar-refractivity contribution in [3.05, 3.63) is 65.9 Å². The van der Waals surface area contributed by atoms with Crippen molar-refractivity contribution in [3.63, 3.8) is 0 Å². The molecule has 1 aromatic heterocycles. The highest BCUT2D eigenvalue weighted by Gasteiger charge is 2.26. The first-order valence-electron chi connectivity index (χ1n) is 10.3. The summed E-state index contributed by atoms with van der Waals surface area (Å²) in [5.74, 6) is 0.651. The lowest BCUT2D eigenvalue weighted by Gasteiger charge is -2.15. The van der Waals surface area contributed by atoms with Crippen LogP contribution >= 0.6 is 0 Å². The van der Waals surface area contributed by atoms with Gasteiger partial charge in [-0.05, 0) is 56.0 Å².